The van der Waals surface area contributed by atoms with Crippen LogP contribution in [0.1, 0.15) is 31.1 Å². The van der Waals surface area contributed by atoms with Crippen LogP contribution in [0.25, 0.3) is 0 Å². The van der Waals surface area contributed by atoms with E-state index in [1.165, 1.54) is 0 Å². The fourth-order valence-electron chi connectivity index (χ4n) is 2.41. The smallest absolute Gasteiger partial charge is 0.407 e. The minimum absolute atomic E-state index is 0.0447. The van der Waals surface area contributed by atoms with Crippen LogP contribution in [0.5, 0.6) is 0 Å². The second kappa shape index (κ2) is 8.85. The Bertz CT molecular complexity index is 661. The topological polar surface area (TPSA) is 58.6 Å². The van der Waals surface area contributed by atoms with Gasteiger partial charge in [0.25, 0.3) is 0 Å². The zero-order valence-corrected chi connectivity index (χ0v) is 15.4. The molecule has 0 saturated heterocycles. The average Bonchev–Trinajstić information content (AvgIpc) is 2.58. The summed E-state index contributed by atoms with van der Waals surface area (Å²) in [5, 5.41) is 13.4. The van der Waals surface area contributed by atoms with Crippen LogP contribution in [-0.4, -0.2) is 17.2 Å². The van der Waals surface area contributed by atoms with E-state index in [2.05, 4.69) is 21.2 Å². The number of benzene rings is 2. The molecule has 128 valence electrons. The Morgan fingerprint density at radius 2 is 1.88 bits per heavy atom. The maximum absolute atomic E-state index is 12.1. The molecule has 2 rings (SSSR count). The molecule has 2 aromatic carbocycles. The molecule has 2 atom stereocenters. The number of hydrogen-bond donors (Lipinski definition) is 2. The summed E-state index contributed by atoms with van der Waals surface area (Å²) in [6, 6.07) is 16.5. The van der Waals surface area contributed by atoms with Gasteiger partial charge in [-0.3, -0.25) is 0 Å². The van der Waals surface area contributed by atoms with Crippen molar-refractivity contribution in [1.82, 2.24) is 5.32 Å². The van der Waals surface area contributed by atoms with E-state index in [0.29, 0.717) is 0 Å². The second-order valence-electron chi connectivity index (χ2n) is 5.98. The van der Waals surface area contributed by atoms with Crippen LogP contribution in [0.15, 0.2) is 59.1 Å². The number of ether oxygens (including phenoxy) is 1. The fourth-order valence-corrected chi connectivity index (χ4v) is 2.83. The summed E-state index contributed by atoms with van der Waals surface area (Å²) in [4.78, 5) is 12.1. The lowest BCUT2D eigenvalue weighted by atomic mass is 9.93. The zero-order chi connectivity index (χ0) is 17.5. The van der Waals surface area contributed by atoms with Gasteiger partial charge in [-0.25, -0.2) is 4.79 Å². The molecule has 0 unspecified atom stereocenters. The predicted molar refractivity (Wildman–Crippen MR) is 97.5 cm³/mol. The monoisotopic (exact) mass is 391 g/mol. The minimum atomic E-state index is -0.813. The third-order valence-corrected chi connectivity index (χ3v) is 4.24. The van der Waals surface area contributed by atoms with Gasteiger partial charge in [0.2, 0.25) is 0 Å². The van der Waals surface area contributed by atoms with Gasteiger partial charge in [0, 0.05) is 4.47 Å². The molecule has 0 saturated carbocycles. The minimum Gasteiger partial charge on any atom is -0.445 e. The highest BCUT2D eigenvalue weighted by molar-refractivity contribution is 9.10. The van der Waals surface area contributed by atoms with Crippen LogP contribution in [0.4, 0.5) is 4.79 Å². The lowest BCUT2D eigenvalue weighted by molar-refractivity contribution is 0.0862. The highest BCUT2D eigenvalue weighted by atomic mass is 79.9. The van der Waals surface area contributed by atoms with Crippen LogP contribution >= 0.6 is 15.9 Å². The van der Waals surface area contributed by atoms with E-state index in [1.54, 1.807) is 0 Å². The summed E-state index contributed by atoms with van der Waals surface area (Å²) in [6.07, 6.45) is -1.35. The van der Waals surface area contributed by atoms with E-state index in [1.807, 2.05) is 68.4 Å². The molecule has 0 aliphatic rings. The van der Waals surface area contributed by atoms with E-state index in [9.17, 15) is 9.90 Å². The first kappa shape index (κ1) is 18.5. The maximum Gasteiger partial charge on any atom is 0.407 e. The SMILES string of the molecule is CC(C)[C@H](NC(=O)OCc1ccccc1)[C@H](O)c1cccc(Br)c1. The third kappa shape index (κ3) is 5.35. The first-order valence-corrected chi connectivity index (χ1v) is 8.67. The molecule has 5 heteroatoms. The Morgan fingerprint density at radius 1 is 1.17 bits per heavy atom. The van der Waals surface area contributed by atoms with E-state index in [0.717, 1.165) is 15.6 Å². The van der Waals surface area contributed by atoms with Crippen LogP contribution in [0, 0.1) is 5.92 Å². The fraction of sp³-hybridized carbons (Fsp3) is 0.316. The van der Waals surface area contributed by atoms with E-state index < -0.39 is 18.2 Å². The van der Waals surface area contributed by atoms with Crippen molar-refractivity contribution in [2.45, 2.75) is 32.6 Å². The summed E-state index contributed by atoms with van der Waals surface area (Å²) in [7, 11) is 0. The number of rotatable bonds is 6. The van der Waals surface area contributed by atoms with E-state index in [4.69, 9.17) is 4.74 Å². The molecule has 0 bridgehead atoms. The van der Waals surface area contributed by atoms with Crippen molar-refractivity contribution in [3.05, 3.63) is 70.2 Å². The highest BCUT2D eigenvalue weighted by Gasteiger charge is 2.26. The summed E-state index contributed by atoms with van der Waals surface area (Å²) in [5.41, 5.74) is 1.66. The summed E-state index contributed by atoms with van der Waals surface area (Å²) >= 11 is 3.40. The number of nitrogens with one attached hydrogen (secondary N) is 1. The van der Waals surface area contributed by atoms with Crippen LogP contribution < -0.4 is 5.32 Å². The van der Waals surface area contributed by atoms with Gasteiger partial charge in [-0.1, -0.05) is 72.2 Å². The number of aliphatic hydroxyl groups excluding tert-OH is 1. The van der Waals surface area contributed by atoms with Gasteiger partial charge in [-0.2, -0.15) is 0 Å². The summed E-state index contributed by atoms with van der Waals surface area (Å²) < 4.78 is 6.13. The normalized spacial score (nSPS) is 13.4. The predicted octanol–water partition coefficient (Wildman–Crippen LogP) is 4.43. The van der Waals surface area contributed by atoms with Crippen molar-refractivity contribution < 1.29 is 14.6 Å². The molecular weight excluding hydrogens is 370 g/mol. The van der Waals surface area contributed by atoms with Crippen molar-refractivity contribution in [3.8, 4) is 0 Å². The Balaban J connectivity index is 1.98. The second-order valence-corrected chi connectivity index (χ2v) is 6.89. The Labute approximate surface area is 151 Å². The summed E-state index contributed by atoms with van der Waals surface area (Å²) in [6.45, 7) is 4.09. The first-order valence-electron chi connectivity index (χ1n) is 7.88. The number of aliphatic hydroxyl groups is 1. The number of alkyl carbamates (subject to hydrolysis) is 1. The maximum atomic E-state index is 12.1. The van der Waals surface area contributed by atoms with Crippen molar-refractivity contribution in [1.29, 1.82) is 0 Å². The zero-order valence-electron chi connectivity index (χ0n) is 13.8. The van der Waals surface area contributed by atoms with Crippen LogP contribution in [-0.2, 0) is 11.3 Å². The summed E-state index contributed by atoms with van der Waals surface area (Å²) in [5.74, 6) is 0.0447. The standard InChI is InChI=1S/C19H22BrNO3/c1-13(2)17(18(22)15-9-6-10-16(20)11-15)21-19(23)24-12-14-7-4-3-5-8-14/h3-11,13,17-18,22H,12H2,1-2H3,(H,21,23)/t17-,18+/m0/s1. The van der Waals surface area contributed by atoms with Gasteiger partial charge >= 0.3 is 6.09 Å². The number of halogens is 1. The largest absolute Gasteiger partial charge is 0.445 e. The Kier molecular flexibility index (Phi) is 6.82. The molecule has 0 aromatic heterocycles. The van der Waals surface area contributed by atoms with Gasteiger partial charge < -0.3 is 15.2 Å². The average molecular weight is 392 g/mol. The molecule has 0 radical (unpaired) electrons. The molecular formula is C19H22BrNO3. The molecule has 2 N–H and O–H groups in total. The van der Waals surface area contributed by atoms with Crippen molar-refractivity contribution in [2.24, 2.45) is 5.92 Å². The molecule has 0 fully saturated rings. The number of carbonyl (C=O) groups excluding carboxylic acids is 1. The quantitative estimate of drug-likeness (QED) is 0.765. The Morgan fingerprint density at radius 3 is 2.50 bits per heavy atom. The van der Waals surface area contributed by atoms with Gasteiger partial charge in [0.05, 0.1) is 12.1 Å². The van der Waals surface area contributed by atoms with Crippen LogP contribution in [0.3, 0.4) is 0 Å². The Hall–Kier alpha value is -1.85. The van der Waals surface area contributed by atoms with Gasteiger partial charge in [0.15, 0.2) is 0 Å². The first-order chi connectivity index (χ1) is 11.5. The third-order valence-electron chi connectivity index (χ3n) is 3.75. The molecule has 0 aliphatic carbocycles. The molecule has 4 nitrogen and oxygen atoms in total. The van der Waals surface area contributed by atoms with Gasteiger partial charge in [-0.15, -0.1) is 0 Å². The molecule has 0 spiro atoms. The molecule has 24 heavy (non-hydrogen) atoms. The number of hydrogen-bond acceptors (Lipinski definition) is 3. The lowest BCUT2D eigenvalue weighted by Gasteiger charge is -2.27. The molecule has 2 aromatic rings. The highest BCUT2D eigenvalue weighted by Crippen LogP contribution is 2.24. The van der Waals surface area contributed by atoms with Crippen molar-refractivity contribution in [2.75, 3.05) is 0 Å². The van der Waals surface area contributed by atoms with E-state index in [-0.39, 0.29) is 12.5 Å². The molecule has 0 aliphatic heterocycles. The van der Waals surface area contributed by atoms with Gasteiger partial charge in [-0.05, 0) is 29.2 Å². The molecule has 1 amide bonds. The van der Waals surface area contributed by atoms with Crippen LogP contribution in [0.2, 0.25) is 0 Å². The molecule has 0 heterocycles. The van der Waals surface area contributed by atoms with Gasteiger partial charge in [0.1, 0.15) is 6.61 Å². The van der Waals surface area contributed by atoms with E-state index >= 15 is 0 Å². The number of carbonyl (C=O) groups is 1. The van der Waals surface area contributed by atoms with Crippen molar-refractivity contribution >= 4 is 22.0 Å². The van der Waals surface area contributed by atoms with Crippen molar-refractivity contribution in [3.63, 3.8) is 0 Å². The number of amides is 1. The lowest BCUT2D eigenvalue weighted by Crippen LogP contribution is -2.43.